The summed E-state index contributed by atoms with van der Waals surface area (Å²) in [5.74, 6) is 0. The molecule has 1 N–H and O–H groups in total. The van der Waals surface area contributed by atoms with Gasteiger partial charge in [0.1, 0.15) is 0 Å². The standard InChI is InChI=1S/C12H17N3/c1-3-12(4-7-13)15-10(2)11-5-8-14-9-6-11/h5-6,8-10,12,15H,3-4H2,1-2H3/t10-,12?/m0/s1. The number of nitrogens with zero attached hydrogens (tertiary/aromatic N) is 2. The summed E-state index contributed by atoms with van der Waals surface area (Å²) < 4.78 is 0. The molecule has 0 aliphatic heterocycles. The zero-order chi connectivity index (χ0) is 11.1. The van der Waals surface area contributed by atoms with Gasteiger partial charge in [-0.15, -0.1) is 0 Å². The fourth-order valence-corrected chi connectivity index (χ4v) is 1.53. The first-order chi connectivity index (χ1) is 7.27. The molecule has 0 aliphatic rings. The van der Waals surface area contributed by atoms with Gasteiger partial charge in [0.25, 0.3) is 0 Å². The Bertz CT molecular complexity index is 315. The summed E-state index contributed by atoms with van der Waals surface area (Å²) in [6.45, 7) is 4.20. The second-order valence-electron chi connectivity index (χ2n) is 3.64. The third-order valence-corrected chi connectivity index (χ3v) is 2.52. The molecule has 1 aromatic heterocycles. The van der Waals surface area contributed by atoms with Gasteiger partial charge in [-0.05, 0) is 31.0 Å². The van der Waals surface area contributed by atoms with E-state index < -0.39 is 0 Å². The van der Waals surface area contributed by atoms with E-state index in [2.05, 4.69) is 30.2 Å². The molecular weight excluding hydrogens is 186 g/mol. The Hall–Kier alpha value is -1.40. The zero-order valence-corrected chi connectivity index (χ0v) is 9.27. The van der Waals surface area contributed by atoms with Gasteiger partial charge in [0.05, 0.1) is 12.5 Å². The van der Waals surface area contributed by atoms with Gasteiger partial charge in [-0.1, -0.05) is 6.92 Å². The van der Waals surface area contributed by atoms with Gasteiger partial charge in [-0.3, -0.25) is 4.98 Å². The summed E-state index contributed by atoms with van der Waals surface area (Å²) in [6, 6.07) is 6.74. The molecule has 0 fully saturated rings. The SMILES string of the molecule is CCC(CC#N)N[C@@H](C)c1ccncc1. The number of rotatable bonds is 5. The van der Waals surface area contributed by atoms with Gasteiger partial charge in [0.15, 0.2) is 0 Å². The summed E-state index contributed by atoms with van der Waals surface area (Å²) in [6.07, 6.45) is 5.12. The Kier molecular flexibility index (Phi) is 4.79. The lowest BCUT2D eigenvalue weighted by molar-refractivity contribution is 0.448. The smallest absolute Gasteiger partial charge is 0.0638 e. The Labute approximate surface area is 91.1 Å². The maximum atomic E-state index is 8.65. The van der Waals surface area contributed by atoms with Crippen molar-refractivity contribution in [3.8, 4) is 6.07 Å². The Morgan fingerprint density at radius 2 is 2.13 bits per heavy atom. The largest absolute Gasteiger partial charge is 0.306 e. The van der Waals surface area contributed by atoms with Crippen LogP contribution in [0.2, 0.25) is 0 Å². The van der Waals surface area contributed by atoms with Gasteiger partial charge < -0.3 is 5.32 Å². The molecule has 0 bridgehead atoms. The molecule has 0 amide bonds. The van der Waals surface area contributed by atoms with Crippen LogP contribution in [-0.2, 0) is 0 Å². The average Bonchev–Trinajstić information content (AvgIpc) is 2.29. The van der Waals surface area contributed by atoms with E-state index in [0.717, 1.165) is 6.42 Å². The lowest BCUT2D eigenvalue weighted by Crippen LogP contribution is -2.30. The van der Waals surface area contributed by atoms with Crippen molar-refractivity contribution >= 4 is 0 Å². The minimum absolute atomic E-state index is 0.270. The zero-order valence-electron chi connectivity index (χ0n) is 9.27. The van der Waals surface area contributed by atoms with Crippen LogP contribution in [0.5, 0.6) is 0 Å². The molecule has 3 heteroatoms. The average molecular weight is 203 g/mol. The van der Waals surface area contributed by atoms with Gasteiger partial charge in [0.2, 0.25) is 0 Å². The highest BCUT2D eigenvalue weighted by molar-refractivity contribution is 5.14. The number of nitrogens with one attached hydrogen (secondary N) is 1. The first-order valence-electron chi connectivity index (χ1n) is 5.30. The van der Waals surface area contributed by atoms with E-state index in [4.69, 9.17) is 5.26 Å². The molecule has 2 atom stereocenters. The van der Waals surface area contributed by atoms with Crippen molar-refractivity contribution in [2.75, 3.05) is 0 Å². The van der Waals surface area contributed by atoms with Crippen molar-refractivity contribution in [1.82, 2.24) is 10.3 Å². The van der Waals surface area contributed by atoms with Crippen molar-refractivity contribution in [3.63, 3.8) is 0 Å². The molecule has 0 saturated heterocycles. The molecule has 0 spiro atoms. The Balaban J connectivity index is 2.55. The van der Waals surface area contributed by atoms with Gasteiger partial charge in [0, 0.05) is 24.5 Å². The topological polar surface area (TPSA) is 48.7 Å². The minimum Gasteiger partial charge on any atom is -0.306 e. The van der Waals surface area contributed by atoms with Crippen LogP contribution in [0.1, 0.15) is 38.3 Å². The second-order valence-corrected chi connectivity index (χ2v) is 3.64. The van der Waals surface area contributed by atoms with E-state index in [9.17, 15) is 0 Å². The van der Waals surface area contributed by atoms with Crippen LogP contribution < -0.4 is 5.32 Å². The fourth-order valence-electron chi connectivity index (χ4n) is 1.53. The van der Waals surface area contributed by atoms with Crippen LogP contribution in [0, 0.1) is 11.3 Å². The van der Waals surface area contributed by atoms with Crippen molar-refractivity contribution < 1.29 is 0 Å². The summed E-state index contributed by atoms with van der Waals surface area (Å²) in [7, 11) is 0. The predicted octanol–water partition coefficient (Wildman–Crippen LogP) is 2.42. The van der Waals surface area contributed by atoms with E-state index >= 15 is 0 Å². The van der Waals surface area contributed by atoms with Gasteiger partial charge in [-0.2, -0.15) is 5.26 Å². The maximum absolute atomic E-state index is 8.65. The fraction of sp³-hybridized carbons (Fsp3) is 0.500. The monoisotopic (exact) mass is 203 g/mol. The van der Waals surface area contributed by atoms with Crippen molar-refractivity contribution in [1.29, 1.82) is 5.26 Å². The highest BCUT2D eigenvalue weighted by atomic mass is 14.9. The van der Waals surface area contributed by atoms with Gasteiger partial charge >= 0.3 is 0 Å². The van der Waals surface area contributed by atoms with Crippen LogP contribution in [-0.4, -0.2) is 11.0 Å². The summed E-state index contributed by atoms with van der Waals surface area (Å²) >= 11 is 0. The summed E-state index contributed by atoms with van der Waals surface area (Å²) in [4.78, 5) is 3.98. The van der Waals surface area contributed by atoms with E-state index in [1.54, 1.807) is 12.4 Å². The van der Waals surface area contributed by atoms with Crippen LogP contribution in [0.25, 0.3) is 0 Å². The molecule has 1 aromatic rings. The molecule has 0 aliphatic carbocycles. The Morgan fingerprint density at radius 1 is 1.47 bits per heavy atom. The highest BCUT2D eigenvalue weighted by Gasteiger charge is 2.10. The summed E-state index contributed by atoms with van der Waals surface area (Å²) in [5.41, 5.74) is 1.21. The molecule has 1 heterocycles. The summed E-state index contributed by atoms with van der Waals surface area (Å²) in [5, 5.41) is 12.1. The second kappa shape index (κ2) is 6.15. The van der Waals surface area contributed by atoms with E-state index in [1.807, 2.05) is 12.1 Å². The quantitative estimate of drug-likeness (QED) is 0.799. The molecule has 1 unspecified atom stereocenters. The molecule has 15 heavy (non-hydrogen) atoms. The number of aromatic nitrogens is 1. The lowest BCUT2D eigenvalue weighted by atomic mass is 10.1. The van der Waals surface area contributed by atoms with Crippen molar-refractivity contribution in [2.45, 2.75) is 38.8 Å². The van der Waals surface area contributed by atoms with Crippen molar-refractivity contribution in [2.24, 2.45) is 0 Å². The van der Waals surface area contributed by atoms with Crippen LogP contribution in [0.3, 0.4) is 0 Å². The molecule has 80 valence electrons. The Morgan fingerprint density at radius 3 is 2.67 bits per heavy atom. The highest BCUT2D eigenvalue weighted by Crippen LogP contribution is 2.12. The van der Waals surface area contributed by atoms with E-state index in [0.29, 0.717) is 6.42 Å². The van der Waals surface area contributed by atoms with Crippen LogP contribution in [0.4, 0.5) is 0 Å². The van der Waals surface area contributed by atoms with Crippen molar-refractivity contribution in [3.05, 3.63) is 30.1 Å². The third-order valence-electron chi connectivity index (χ3n) is 2.52. The third kappa shape index (κ3) is 3.69. The molecule has 3 nitrogen and oxygen atoms in total. The van der Waals surface area contributed by atoms with Crippen LogP contribution >= 0.6 is 0 Å². The molecule has 0 radical (unpaired) electrons. The molecule has 0 saturated carbocycles. The van der Waals surface area contributed by atoms with Gasteiger partial charge in [-0.25, -0.2) is 0 Å². The molecule has 0 aromatic carbocycles. The molecule has 1 rings (SSSR count). The molecular formula is C12H17N3. The normalized spacial score (nSPS) is 14.2. The first-order valence-corrected chi connectivity index (χ1v) is 5.30. The van der Waals surface area contributed by atoms with Crippen LogP contribution in [0.15, 0.2) is 24.5 Å². The first kappa shape index (κ1) is 11.7. The minimum atomic E-state index is 0.270. The van der Waals surface area contributed by atoms with E-state index in [1.165, 1.54) is 5.56 Å². The maximum Gasteiger partial charge on any atom is 0.0638 e. The number of hydrogen-bond donors (Lipinski definition) is 1. The number of pyridine rings is 1. The van der Waals surface area contributed by atoms with E-state index in [-0.39, 0.29) is 12.1 Å². The predicted molar refractivity (Wildman–Crippen MR) is 60.1 cm³/mol. The lowest BCUT2D eigenvalue weighted by Gasteiger charge is -2.20. The number of hydrogen-bond acceptors (Lipinski definition) is 3. The number of nitriles is 1.